The maximum Gasteiger partial charge on any atom is 0.234 e. The maximum absolute atomic E-state index is 13.9. The van der Waals surface area contributed by atoms with Gasteiger partial charge >= 0.3 is 0 Å². The van der Waals surface area contributed by atoms with Gasteiger partial charge < -0.3 is 10.2 Å². The van der Waals surface area contributed by atoms with Crippen LogP contribution in [0, 0.1) is 17.7 Å². The Hall–Kier alpha value is -1.62. The van der Waals surface area contributed by atoms with Crippen LogP contribution in [-0.2, 0) is 4.79 Å². The first kappa shape index (κ1) is 18.2. The molecular formula is C20H30FN3O. The molecule has 1 heterocycles. The quantitative estimate of drug-likeness (QED) is 0.910. The van der Waals surface area contributed by atoms with Crippen molar-refractivity contribution in [2.45, 2.75) is 39.2 Å². The van der Waals surface area contributed by atoms with Gasteiger partial charge in [-0.1, -0.05) is 38.8 Å². The highest BCUT2D eigenvalue weighted by molar-refractivity contribution is 5.78. The molecule has 1 aliphatic carbocycles. The van der Waals surface area contributed by atoms with E-state index in [0.717, 1.165) is 32.6 Å². The van der Waals surface area contributed by atoms with E-state index < -0.39 is 0 Å². The highest BCUT2D eigenvalue weighted by Gasteiger charge is 2.29. The van der Waals surface area contributed by atoms with Gasteiger partial charge in [0.1, 0.15) is 5.82 Å². The van der Waals surface area contributed by atoms with E-state index in [1.807, 2.05) is 12.1 Å². The lowest BCUT2D eigenvalue weighted by atomic mass is 9.78. The summed E-state index contributed by atoms with van der Waals surface area (Å²) < 4.78 is 13.9. The summed E-state index contributed by atoms with van der Waals surface area (Å²) in [4.78, 5) is 16.6. The number of rotatable bonds is 4. The molecule has 0 aromatic heterocycles. The van der Waals surface area contributed by atoms with Crippen LogP contribution in [0.3, 0.4) is 0 Å². The molecule has 0 spiro atoms. The monoisotopic (exact) mass is 347 g/mol. The zero-order valence-corrected chi connectivity index (χ0v) is 15.4. The molecule has 2 aliphatic rings. The first-order valence-corrected chi connectivity index (χ1v) is 9.56. The molecule has 1 N–H and O–H groups in total. The van der Waals surface area contributed by atoms with Crippen LogP contribution in [0.4, 0.5) is 10.1 Å². The third kappa shape index (κ3) is 4.51. The third-order valence-electron chi connectivity index (χ3n) is 5.99. The molecule has 3 atom stereocenters. The molecule has 138 valence electrons. The number of hydrogen-bond donors (Lipinski definition) is 1. The minimum atomic E-state index is -0.172. The molecule has 0 bridgehead atoms. The van der Waals surface area contributed by atoms with Crippen molar-refractivity contribution in [1.29, 1.82) is 0 Å². The summed E-state index contributed by atoms with van der Waals surface area (Å²) in [5, 5.41) is 3.24. The van der Waals surface area contributed by atoms with Crippen molar-refractivity contribution in [2.75, 3.05) is 37.6 Å². The van der Waals surface area contributed by atoms with E-state index in [4.69, 9.17) is 0 Å². The Morgan fingerprint density at radius 3 is 2.60 bits per heavy atom. The van der Waals surface area contributed by atoms with Gasteiger partial charge in [-0.15, -0.1) is 0 Å². The van der Waals surface area contributed by atoms with E-state index >= 15 is 0 Å². The standard InChI is InChI=1S/C20H30FN3O/c1-15-6-5-8-18(16(15)2)22-20(25)14-23-10-12-24(13-11-23)19-9-4-3-7-17(19)21/h3-4,7,9,15-16,18H,5-6,8,10-14H2,1-2H3,(H,22,25)/t15-,16-,18+/m1/s1. The summed E-state index contributed by atoms with van der Waals surface area (Å²) >= 11 is 0. The van der Waals surface area contributed by atoms with Crippen LogP contribution in [-0.4, -0.2) is 49.6 Å². The van der Waals surface area contributed by atoms with Gasteiger partial charge in [-0.2, -0.15) is 0 Å². The number of hydrogen-bond acceptors (Lipinski definition) is 3. The van der Waals surface area contributed by atoms with E-state index in [0.29, 0.717) is 30.1 Å². The van der Waals surface area contributed by atoms with Gasteiger partial charge in [0.2, 0.25) is 5.91 Å². The fourth-order valence-corrected chi connectivity index (χ4v) is 4.10. The number of anilines is 1. The average Bonchev–Trinajstić information content (AvgIpc) is 2.60. The molecule has 3 rings (SSSR count). The van der Waals surface area contributed by atoms with Crippen LogP contribution in [0.25, 0.3) is 0 Å². The zero-order chi connectivity index (χ0) is 17.8. The number of para-hydroxylation sites is 1. The van der Waals surface area contributed by atoms with Crippen molar-refractivity contribution < 1.29 is 9.18 Å². The van der Waals surface area contributed by atoms with Crippen molar-refractivity contribution in [3.8, 4) is 0 Å². The van der Waals surface area contributed by atoms with Crippen LogP contribution in [0.1, 0.15) is 33.1 Å². The van der Waals surface area contributed by atoms with Crippen molar-refractivity contribution in [1.82, 2.24) is 10.2 Å². The Kier molecular flexibility index (Phi) is 5.94. The number of nitrogens with zero attached hydrogens (tertiary/aromatic N) is 2. The predicted molar refractivity (Wildman–Crippen MR) is 99.2 cm³/mol. The third-order valence-corrected chi connectivity index (χ3v) is 5.99. The Morgan fingerprint density at radius 1 is 1.16 bits per heavy atom. The molecule has 1 saturated carbocycles. The largest absolute Gasteiger partial charge is 0.367 e. The molecule has 1 aliphatic heterocycles. The van der Waals surface area contributed by atoms with Crippen LogP contribution >= 0.6 is 0 Å². The first-order valence-electron chi connectivity index (χ1n) is 9.56. The molecule has 4 nitrogen and oxygen atoms in total. The topological polar surface area (TPSA) is 35.6 Å². The van der Waals surface area contributed by atoms with Crippen molar-refractivity contribution in [3.63, 3.8) is 0 Å². The molecule has 1 aromatic rings. The summed E-state index contributed by atoms with van der Waals surface area (Å²) in [6.45, 7) is 8.07. The molecule has 0 unspecified atom stereocenters. The highest BCUT2D eigenvalue weighted by Crippen LogP contribution is 2.29. The van der Waals surface area contributed by atoms with Crippen molar-refractivity contribution in [2.24, 2.45) is 11.8 Å². The van der Waals surface area contributed by atoms with E-state index in [2.05, 4.69) is 29.0 Å². The van der Waals surface area contributed by atoms with Gasteiger partial charge in [0.05, 0.1) is 12.2 Å². The van der Waals surface area contributed by atoms with E-state index in [-0.39, 0.29) is 11.7 Å². The van der Waals surface area contributed by atoms with Crippen molar-refractivity contribution >= 4 is 11.6 Å². The lowest BCUT2D eigenvalue weighted by molar-refractivity contribution is -0.123. The molecule has 0 radical (unpaired) electrons. The fourth-order valence-electron chi connectivity index (χ4n) is 4.10. The van der Waals surface area contributed by atoms with Crippen molar-refractivity contribution in [3.05, 3.63) is 30.1 Å². The minimum absolute atomic E-state index is 0.130. The van der Waals surface area contributed by atoms with Crippen LogP contribution < -0.4 is 10.2 Å². The minimum Gasteiger partial charge on any atom is -0.367 e. The number of benzene rings is 1. The van der Waals surface area contributed by atoms with Gasteiger partial charge in [0.25, 0.3) is 0 Å². The predicted octanol–water partition coefficient (Wildman–Crippen LogP) is 2.89. The molecule has 1 saturated heterocycles. The number of nitrogens with one attached hydrogen (secondary N) is 1. The smallest absolute Gasteiger partial charge is 0.234 e. The van der Waals surface area contributed by atoms with Crippen LogP contribution in [0.5, 0.6) is 0 Å². The average molecular weight is 347 g/mol. The Balaban J connectivity index is 1.46. The second-order valence-corrected chi connectivity index (χ2v) is 7.66. The van der Waals surface area contributed by atoms with Gasteiger partial charge in [0.15, 0.2) is 0 Å². The Labute approximate surface area is 150 Å². The summed E-state index contributed by atoms with van der Waals surface area (Å²) in [7, 11) is 0. The lowest BCUT2D eigenvalue weighted by Gasteiger charge is -2.37. The molecule has 1 aromatic carbocycles. The SMILES string of the molecule is C[C@@H]1[C@H](C)CCC[C@@H]1NC(=O)CN1CCN(c2ccccc2F)CC1. The lowest BCUT2D eigenvalue weighted by Crippen LogP contribution is -2.52. The van der Waals surface area contributed by atoms with Crippen LogP contribution in [0.2, 0.25) is 0 Å². The summed E-state index contributed by atoms with van der Waals surface area (Å²) in [5.41, 5.74) is 0.664. The summed E-state index contributed by atoms with van der Waals surface area (Å²) in [6.07, 6.45) is 3.57. The summed E-state index contributed by atoms with van der Waals surface area (Å²) in [6, 6.07) is 7.22. The van der Waals surface area contributed by atoms with Gasteiger partial charge in [-0.3, -0.25) is 9.69 Å². The molecular weight excluding hydrogens is 317 g/mol. The maximum atomic E-state index is 13.9. The Bertz CT molecular complexity index is 586. The number of carbonyl (C=O) groups is 1. The molecule has 2 fully saturated rings. The first-order chi connectivity index (χ1) is 12.0. The number of piperazine rings is 1. The number of carbonyl (C=O) groups excluding carboxylic acids is 1. The number of amides is 1. The zero-order valence-electron chi connectivity index (χ0n) is 15.4. The van der Waals surface area contributed by atoms with Gasteiger partial charge in [-0.25, -0.2) is 4.39 Å². The Morgan fingerprint density at radius 2 is 1.88 bits per heavy atom. The second kappa shape index (κ2) is 8.17. The van der Waals surface area contributed by atoms with Crippen LogP contribution in [0.15, 0.2) is 24.3 Å². The van der Waals surface area contributed by atoms with Gasteiger partial charge in [0, 0.05) is 32.2 Å². The number of halogens is 1. The van der Waals surface area contributed by atoms with Gasteiger partial charge in [-0.05, 0) is 30.4 Å². The highest BCUT2D eigenvalue weighted by atomic mass is 19.1. The molecule has 1 amide bonds. The normalized spacial score (nSPS) is 28.0. The molecule has 25 heavy (non-hydrogen) atoms. The molecule has 5 heteroatoms. The fraction of sp³-hybridized carbons (Fsp3) is 0.650. The van der Waals surface area contributed by atoms with E-state index in [1.165, 1.54) is 18.9 Å². The summed E-state index contributed by atoms with van der Waals surface area (Å²) in [5.74, 6) is 1.19. The second-order valence-electron chi connectivity index (χ2n) is 7.66. The van der Waals surface area contributed by atoms with E-state index in [9.17, 15) is 9.18 Å². The van der Waals surface area contributed by atoms with E-state index in [1.54, 1.807) is 6.07 Å².